The van der Waals surface area contributed by atoms with E-state index in [4.69, 9.17) is 11.2 Å². The SMILES string of the molecule is Cl[P]([Ru])(c1ccccc1)(c1ccccc1)c1ccccc1. The normalized spacial score (nSPS) is 13.3. The maximum atomic E-state index is 7.47. The van der Waals surface area contributed by atoms with Crippen LogP contribution in [0.4, 0.5) is 0 Å². The maximum absolute atomic E-state index is 7.47. The molecule has 0 N–H and O–H groups in total. The molecule has 3 heteroatoms. The molecule has 0 spiro atoms. The second kappa shape index (κ2) is 5.65. The third-order valence-electron chi connectivity index (χ3n) is 3.61. The Bertz CT molecular complexity index is 624. The summed E-state index contributed by atoms with van der Waals surface area (Å²) in [6.07, 6.45) is 0. The summed E-state index contributed by atoms with van der Waals surface area (Å²) in [5.41, 5.74) is 0. The van der Waals surface area contributed by atoms with Crippen molar-refractivity contribution in [1.82, 2.24) is 0 Å². The minimum absolute atomic E-state index is 1.17. The summed E-state index contributed by atoms with van der Waals surface area (Å²) in [6.45, 7) is 0. The molecule has 0 heterocycles. The van der Waals surface area contributed by atoms with E-state index in [9.17, 15) is 0 Å². The molecule has 21 heavy (non-hydrogen) atoms. The standard InChI is InChI=1S/C18H15ClP.Ru/c19-20(16-10-4-1-5-11-16,17-12-6-2-7-13-17)18-14-8-3-9-15-18;/h1-15H;/q+1;-1. The van der Waals surface area contributed by atoms with Gasteiger partial charge in [-0.15, -0.1) is 0 Å². The molecule has 0 aliphatic heterocycles. The van der Waals surface area contributed by atoms with Gasteiger partial charge in [-0.1, -0.05) is 0 Å². The molecule has 0 unspecified atom stereocenters. The van der Waals surface area contributed by atoms with Gasteiger partial charge in [0.15, 0.2) is 0 Å². The van der Waals surface area contributed by atoms with Gasteiger partial charge in [-0.3, -0.25) is 0 Å². The average Bonchev–Trinajstić information content (AvgIpc) is 2.57. The first-order valence-corrected chi connectivity index (χ1v) is 12.1. The van der Waals surface area contributed by atoms with Crippen molar-refractivity contribution in [2.45, 2.75) is 0 Å². The summed E-state index contributed by atoms with van der Waals surface area (Å²) >= 11 is 10.4. The van der Waals surface area contributed by atoms with Gasteiger partial charge in [-0.2, -0.15) is 0 Å². The minimum atomic E-state index is -2.97. The van der Waals surface area contributed by atoms with E-state index >= 15 is 0 Å². The summed E-state index contributed by atoms with van der Waals surface area (Å²) in [5, 5.41) is 3.50. The molecular weight excluding hydrogens is 384 g/mol. The van der Waals surface area contributed by atoms with Crippen LogP contribution in [0, 0.1) is 0 Å². The number of benzene rings is 3. The Morgan fingerprint density at radius 3 is 1.00 bits per heavy atom. The van der Waals surface area contributed by atoms with Crippen molar-refractivity contribution in [3.05, 3.63) is 91.0 Å². The van der Waals surface area contributed by atoms with Crippen molar-refractivity contribution in [1.29, 1.82) is 0 Å². The molecule has 0 aliphatic carbocycles. The predicted molar refractivity (Wildman–Crippen MR) is 91.0 cm³/mol. The van der Waals surface area contributed by atoms with Crippen molar-refractivity contribution in [2.75, 3.05) is 0 Å². The van der Waals surface area contributed by atoms with Gasteiger partial charge in [-0.25, -0.2) is 0 Å². The van der Waals surface area contributed by atoms with Gasteiger partial charge in [0.1, 0.15) is 0 Å². The van der Waals surface area contributed by atoms with Crippen molar-refractivity contribution in [3.8, 4) is 0 Å². The number of hydrogen-bond acceptors (Lipinski definition) is 0. The van der Waals surface area contributed by atoms with Crippen molar-refractivity contribution in [2.24, 2.45) is 0 Å². The summed E-state index contributed by atoms with van der Waals surface area (Å²) in [5.74, 6) is 0. The van der Waals surface area contributed by atoms with Gasteiger partial charge < -0.3 is 0 Å². The Morgan fingerprint density at radius 2 is 0.762 bits per heavy atom. The monoisotopic (exact) mass is 399 g/mol. The topological polar surface area (TPSA) is 0 Å². The fourth-order valence-electron chi connectivity index (χ4n) is 2.51. The Balaban J connectivity index is 2.36. The summed E-state index contributed by atoms with van der Waals surface area (Å²) in [4.78, 5) is 0. The summed E-state index contributed by atoms with van der Waals surface area (Å²) in [6, 6.07) is 31.2. The van der Waals surface area contributed by atoms with Gasteiger partial charge in [-0.05, 0) is 0 Å². The molecule has 0 aliphatic rings. The number of rotatable bonds is 3. The molecule has 0 fully saturated rings. The van der Waals surface area contributed by atoms with E-state index in [1.165, 1.54) is 15.9 Å². The zero-order valence-electron chi connectivity index (χ0n) is 11.3. The van der Waals surface area contributed by atoms with Gasteiger partial charge in [0, 0.05) is 0 Å². The van der Waals surface area contributed by atoms with Crippen LogP contribution in [0.1, 0.15) is 0 Å². The van der Waals surface area contributed by atoms with E-state index in [-0.39, 0.29) is 0 Å². The Morgan fingerprint density at radius 1 is 0.524 bits per heavy atom. The summed E-state index contributed by atoms with van der Waals surface area (Å²) < 4.78 is -2.97. The molecule has 0 saturated carbocycles. The first-order valence-electron chi connectivity index (χ1n) is 6.73. The average molecular weight is 399 g/mol. The molecule has 0 nitrogen and oxygen atoms in total. The molecule has 0 saturated heterocycles. The van der Waals surface area contributed by atoms with E-state index in [1.807, 2.05) is 18.2 Å². The van der Waals surface area contributed by atoms with Crippen LogP contribution in [0.2, 0.25) is 0 Å². The van der Waals surface area contributed by atoms with Crippen LogP contribution >= 0.6 is 15.5 Å². The zero-order chi connectivity index (χ0) is 14.8. The number of halogens is 1. The molecule has 0 atom stereocenters. The number of hydrogen-bond donors (Lipinski definition) is 0. The third kappa shape index (κ3) is 2.49. The molecule has 0 bridgehead atoms. The van der Waals surface area contributed by atoms with Crippen LogP contribution in [-0.2, 0) is 17.8 Å². The van der Waals surface area contributed by atoms with E-state index in [1.54, 1.807) is 0 Å². The second-order valence-electron chi connectivity index (χ2n) is 4.89. The molecule has 107 valence electrons. The van der Waals surface area contributed by atoms with E-state index in [0.717, 1.165) is 0 Å². The predicted octanol–water partition coefficient (Wildman–Crippen LogP) is 4.13. The zero-order valence-corrected chi connectivity index (χ0v) is 14.7. The van der Waals surface area contributed by atoms with E-state index in [2.05, 4.69) is 90.6 Å². The van der Waals surface area contributed by atoms with E-state index in [0.29, 0.717) is 0 Å². The van der Waals surface area contributed by atoms with Crippen LogP contribution in [0.25, 0.3) is 0 Å². The van der Waals surface area contributed by atoms with Crippen molar-refractivity contribution >= 4 is 31.4 Å². The molecule has 3 rings (SSSR count). The van der Waals surface area contributed by atoms with Crippen LogP contribution in [0.5, 0.6) is 0 Å². The molecule has 0 amide bonds. The first-order chi connectivity index (χ1) is 10.1. The Kier molecular flexibility index (Phi) is 4.02. The second-order valence-corrected chi connectivity index (χ2v) is 16.2. The fraction of sp³-hybridized carbons (Fsp3) is 0. The van der Waals surface area contributed by atoms with Gasteiger partial charge in [0.05, 0.1) is 0 Å². The molecule has 3 aromatic rings. The molecule has 3 aromatic carbocycles. The van der Waals surface area contributed by atoms with Gasteiger partial charge in [0.2, 0.25) is 0 Å². The van der Waals surface area contributed by atoms with Crippen LogP contribution < -0.4 is 15.9 Å². The quantitative estimate of drug-likeness (QED) is 0.459. The molecule has 0 radical (unpaired) electrons. The van der Waals surface area contributed by atoms with Crippen molar-refractivity contribution < 1.29 is 17.8 Å². The first kappa shape index (κ1) is 14.9. The van der Waals surface area contributed by atoms with Crippen LogP contribution in [0.15, 0.2) is 91.0 Å². The molecular formula is C18H15ClPRu. The van der Waals surface area contributed by atoms with Gasteiger partial charge >= 0.3 is 140 Å². The Labute approximate surface area is 140 Å². The van der Waals surface area contributed by atoms with Crippen molar-refractivity contribution in [3.63, 3.8) is 0 Å². The van der Waals surface area contributed by atoms with Gasteiger partial charge in [0.25, 0.3) is 0 Å². The summed E-state index contributed by atoms with van der Waals surface area (Å²) in [7, 11) is 0. The third-order valence-corrected chi connectivity index (χ3v) is 13.0. The van der Waals surface area contributed by atoms with Crippen LogP contribution in [0.3, 0.4) is 0 Å². The van der Waals surface area contributed by atoms with Crippen LogP contribution in [-0.4, -0.2) is 0 Å². The van der Waals surface area contributed by atoms with E-state index < -0.39 is 4.29 Å². The molecule has 0 aromatic heterocycles. The fourth-order valence-corrected chi connectivity index (χ4v) is 8.81. The Hall–Kier alpha value is -0.997.